The summed E-state index contributed by atoms with van der Waals surface area (Å²) in [6, 6.07) is 10.9. The molecule has 0 radical (unpaired) electrons. The molecular formula is C36H44F4N4O3. The normalized spacial score (nSPS) is 28.1. The average Bonchev–Trinajstić information content (AvgIpc) is 3.75. The van der Waals surface area contributed by atoms with E-state index in [0.29, 0.717) is 30.8 Å². The third-order valence-corrected chi connectivity index (χ3v) is 10.9. The summed E-state index contributed by atoms with van der Waals surface area (Å²) in [7, 11) is 0. The quantitative estimate of drug-likeness (QED) is 0.254. The van der Waals surface area contributed by atoms with Crippen molar-refractivity contribution >= 4 is 11.9 Å². The summed E-state index contributed by atoms with van der Waals surface area (Å²) in [4.78, 5) is 32.9. The van der Waals surface area contributed by atoms with Crippen LogP contribution in [0.3, 0.4) is 0 Å². The Morgan fingerprint density at radius 3 is 2.34 bits per heavy atom. The second-order valence-electron chi connectivity index (χ2n) is 13.8. The third-order valence-electron chi connectivity index (χ3n) is 10.9. The van der Waals surface area contributed by atoms with Gasteiger partial charge in [-0.05, 0) is 73.9 Å². The number of urea groups is 1. The Balaban J connectivity index is 1.13. The zero-order valence-corrected chi connectivity index (χ0v) is 26.6. The average molecular weight is 657 g/mol. The van der Waals surface area contributed by atoms with Crippen molar-refractivity contribution < 1.29 is 32.3 Å². The van der Waals surface area contributed by atoms with Crippen LogP contribution in [0.1, 0.15) is 68.1 Å². The molecule has 2 aromatic rings. The predicted octanol–water partition coefficient (Wildman–Crippen LogP) is 6.07. The van der Waals surface area contributed by atoms with Crippen molar-refractivity contribution in [3.63, 3.8) is 0 Å². The summed E-state index contributed by atoms with van der Waals surface area (Å²) < 4.78 is 53.2. The minimum Gasteiger partial charge on any atom is -0.383 e. The standard InChI is InChI=1S/C36H44F4N4O3/c1-2-16-43(34(46)41-20-24-10-12-26(13-11-24)36(38,39)40)32-18-30-14-15-31(19-32)44(30)22-28-21-42(33(45)25-6-3-4-7-25)23-35(28,47)27-8-5-9-29(37)17-27/h2,5,8-13,17,25,28,30-32,47H,1,3-4,6-7,14-16,18-23H2,(H,41,46)/t28-,30?,31?,32?,35+/m1/s1. The lowest BCUT2D eigenvalue weighted by atomic mass is 9.82. The highest BCUT2D eigenvalue weighted by Crippen LogP contribution is 2.44. The molecule has 254 valence electrons. The molecule has 0 spiro atoms. The van der Waals surface area contributed by atoms with E-state index in [2.05, 4.69) is 16.8 Å². The van der Waals surface area contributed by atoms with E-state index in [0.717, 1.165) is 63.5 Å². The molecule has 0 aromatic heterocycles. The van der Waals surface area contributed by atoms with Gasteiger partial charge in [0.2, 0.25) is 5.91 Å². The Labute approximate surface area is 273 Å². The summed E-state index contributed by atoms with van der Waals surface area (Å²) >= 11 is 0. The molecule has 4 aliphatic rings. The Kier molecular flexibility index (Phi) is 9.67. The van der Waals surface area contributed by atoms with Crippen molar-refractivity contribution in [3.8, 4) is 0 Å². The first-order valence-corrected chi connectivity index (χ1v) is 16.8. The number of aliphatic hydroxyl groups is 1. The SMILES string of the molecule is C=CCN(C(=O)NCc1ccc(C(F)(F)F)cc1)C1CC2CCC(C1)N2C[C@H]1CN(C(=O)C2CCCC2)C[C@]1(O)c1cccc(F)c1. The van der Waals surface area contributed by atoms with Crippen molar-refractivity contribution in [2.75, 3.05) is 26.2 Å². The molecule has 1 saturated carbocycles. The van der Waals surface area contributed by atoms with Crippen molar-refractivity contribution in [1.82, 2.24) is 20.0 Å². The number of rotatable bonds is 9. The van der Waals surface area contributed by atoms with Crippen LogP contribution in [0.25, 0.3) is 0 Å². The fourth-order valence-electron chi connectivity index (χ4n) is 8.47. The molecule has 3 saturated heterocycles. The minimum atomic E-state index is -4.42. The number of nitrogens with one attached hydrogen (secondary N) is 1. The number of hydrogen-bond acceptors (Lipinski definition) is 4. The van der Waals surface area contributed by atoms with E-state index in [1.165, 1.54) is 24.3 Å². The van der Waals surface area contributed by atoms with Gasteiger partial charge in [-0.1, -0.05) is 43.2 Å². The number of hydrogen-bond donors (Lipinski definition) is 2. The smallest absolute Gasteiger partial charge is 0.383 e. The van der Waals surface area contributed by atoms with E-state index in [9.17, 15) is 32.3 Å². The molecule has 7 nitrogen and oxygen atoms in total. The molecule has 3 aliphatic heterocycles. The number of halogens is 4. The number of benzene rings is 2. The molecule has 6 rings (SSSR count). The van der Waals surface area contributed by atoms with Gasteiger partial charge in [-0.3, -0.25) is 9.69 Å². The lowest BCUT2D eigenvalue weighted by Crippen LogP contribution is -2.55. The van der Waals surface area contributed by atoms with Crippen LogP contribution in [0.4, 0.5) is 22.4 Å². The topological polar surface area (TPSA) is 76.1 Å². The maximum absolute atomic E-state index is 14.4. The second-order valence-corrected chi connectivity index (χ2v) is 13.8. The molecule has 4 atom stereocenters. The van der Waals surface area contributed by atoms with Crippen molar-refractivity contribution in [2.24, 2.45) is 11.8 Å². The number of β-amino-alcohol motifs (C(OH)–C–C–N with tert-alkyl or cyclic N) is 1. The fourth-order valence-corrected chi connectivity index (χ4v) is 8.47. The van der Waals surface area contributed by atoms with Gasteiger partial charge in [0.1, 0.15) is 11.4 Å². The first-order chi connectivity index (χ1) is 22.5. The lowest BCUT2D eigenvalue weighted by Gasteiger charge is -2.45. The molecular weight excluding hydrogens is 612 g/mol. The molecule has 4 fully saturated rings. The van der Waals surface area contributed by atoms with Crippen LogP contribution in [0.2, 0.25) is 0 Å². The Morgan fingerprint density at radius 1 is 1.04 bits per heavy atom. The van der Waals surface area contributed by atoms with E-state index in [-0.39, 0.29) is 55.0 Å². The Bertz CT molecular complexity index is 1430. The number of carbonyl (C=O) groups excluding carboxylic acids is 2. The van der Waals surface area contributed by atoms with Gasteiger partial charge in [0.15, 0.2) is 0 Å². The second kappa shape index (κ2) is 13.6. The third kappa shape index (κ3) is 7.06. The van der Waals surface area contributed by atoms with E-state index in [1.54, 1.807) is 28.0 Å². The molecule has 47 heavy (non-hydrogen) atoms. The number of alkyl halides is 3. The molecule has 2 bridgehead atoms. The molecule has 3 amide bonds. The number of amides is 3. The zero-order valence-electron chi connectivity index (χ0n) is 26.6. The van der Waals surface area contributed by atoms with Crippen LogP contribution in [0, 0.1) is 17.7 Å². The predicted molar refractivity (Wildman–Crippen MR) is 169 cm³/mol. The van der Waals surface area contributed by atoms with Gasteiger partial charge in [-0.15, -0.1) is 6.58 Å². The molecule has 3 heterocycles. The summed E-state index contributed by atoms with van der Waals surface area (Å²) in [5.41, 5.74) is -1.04. The Morgan fingerprint density at radius 2 is 1.72 bits per heavy atom. The van der Waals surface area contributed by atoms with Crippen molar-refractivity contribution in [3.05, 3.63) is 83.7 Å². The van der Waals surface area contributed by atoms with Gasteiger partial charge in [0, 0.05) is 56.1 Å². The molecule has 2 N–H and O–H groups in total. The van der Waals surface area contributed by atoms with E-state index in [1.807, 2.05) is 0 Å². The van der Waals surface area contributed by atoms with Gasteiger partial charge in [0.25, 0.3) is 0 Å². The molecule has 1 aliphatic carbocycles. The summed E-state index contributed by atoms with van der Waals surface area (Å²) in [5.74, 6) is -0.650. The minimum absolute atomic E-state index is 0.0151. The first kappa shape index (κ1) is 33.5. The van der Waals surface area contributed by atoms with Crippen LogP contribution in [-0.4, -0.2) is 76.0 Å². The highest BCUT2D eigenvalue weighted by atomic mass is 19.4. The number of likely N-dealkylation sites (tertiary alicyclic amines) is 1. The van der Waals surface area contributed by atoms with Gasteiger partial charge in [0.05, 0.1) is 12.1 Å². The van der Waals surface area contributed by atoms with Crippen molar-refractivity contribution in [1.29, 1.82) is 0 Å². The van der Waals surface area contributed by atoms with Crippen LogP contribution in [0.5, 0.6) is 0 Å². The number of nitrogens with zero attached hydrogens (tertiary/aromatic N) is 3. The van der Waals surface area contributed by atoms with Gasteiger partial charge in [-0.2, -0.15) is 13.2 Å². The zero-order chi connectivity index (χ0) is 33.3. The first-order valence-electron chi connectivity index (χ1n) is 16.8. The summed E-state index contributed by atoms with van der Waals surface area (Å²) in [6.07, 6.45) is 4.44. The van der Waals surface area contributed by atoms with Crippen molar-refractivity contribution in [2.45, 2.75) is 87.8 Å². The van der Waals surface area contributed by atoms with E-state index in [4.69, 9.17) is 0 Å². The lowest BCUT2D eigenvalue weighted by molar-refractivity contribution is -0.137. The van der Waals surface area contributed by atoms with E-state index < -0.39 is 23.2 Å². The summed E-state index contributed by atoms with van der Waals surface area (Å²) in [6.45, 7) is 5.40. The van der Waals surface area contributed by atoms with E-state index >= 15 is 0 Å². The Hall–Kier alpha value is -3.44. The largest absolute Gasteiger partial charge is 0.416 e. The highest BCUT2D eigenvalue weighted by molar-refractivity contribution is 5.79. The van der Waals surface area contributed by atoms with Crippen LogP contribution in [-0.2, 0) is 23.1 Å². The number of fused-ring (bicyclic) bond motifs is 2. The molecule has 11 heteroatoms. The maximum atomic E-state index is 14.4. The number of piperidine rings is 1. The highest BCUT2D eigenvalue weighted by Gasteiger charge is 2.52. The van der Waals surface area contributed by atoms with Gasteiger partial charge < -0.3 is 20.2 Å². The monoisotopic (exact) mass is 656 g/mol. The molecule has 2 aromatic carbocycles. The van der Waals surface area contributed by atoms with Crippen LogP contribution < -0.4 is 5.32 Å². The van der Waals surface area contributed by atoms with Crippen LogP contribution >= 0.6 is 0 Å². The fraction of sp³-hybridized carbons (Fsp3) is 0.556. The van der Waals surface area contributed by atoms with Gasteiger partial charge >= 0.3 is 12.2 Å². The van der Waals surface area contributed by atoms with Gasteiger partial charge in [-0.25, -0.2) is 9.18 Å². The van der Waals surface area contributed by atoms with Crippen LogP contribution in [0.15, 0.2) is 61.2 Å². The summed E-state index contributed by atoms with van der Waals surface area (Å²) in [5, 5.41) is 15.1. The molecule has 2 unspecified atom stereocenters. The number of carbonyl (C=O) groups is 2. The maximum Gasteiger partial charge on any atom is 0.416 e.